The van der Waals surface area contributed by atoms with Gasteiger partial charge in [0.25, 0.3) is 10.0 Å². The molecular formula is C32H40FN3O4S. The first-order chi connectivity index (χ1) is 19.4. The molecule has 0 spiro atoms. The summed E-state index contributed by atoms with van der Waals surface area (Å²) in [6.45, 7) is 10.6. The van der Waals surface area contributed by atoms with Gasteiger partial charge in [-0.25, -0.2) is 12.8 Å². The van der Waals surface area contributed by atoms with E-state index in [4.69, 9.17) is 0 Å². The number of aryl methyl sites for hydroxylation is 3. The number of amides is 2. The predicted octanol–water partition coefficient (Wildman–Crippen LogP) is 5.67. The SMILES string of the molecule is CC[C@H](C)NC(=O)[C@H](CC)N(Cc1ccc(F)cc1)C(=O)CN(c1cc(C)ccc1C)S(=O)(=O)c1ccc(C)cc1. The third kappa shape index (κ3) is 7.94. The number of nitrogens with zero attached hydrogens (tertiary/aromatic N) is 2. The summed E-state index contributed by atoms with van der Waals surface area (Å²) in [5.74, 6) is -1.28. The molecule has 2 amide bonds. The summed E-state index contributed by atoms with van der Waals surface area (Å²) >= 11 is 0. The topological polar surface area (TPSA) is 86.8 Å². The number of carbonyl (C=O) groups is 2. The molecule has 9 heteroatoms. The van der Waals surface area contributed by atoms with Crippen molar-refractivity contribution in [1.82, 2.24) is 10.2 Å². The van der Waals surface area contributed by atoms with E-state index < -0.39 is 34.3 Å². The number of benzene rings is 3. The molecule has 0 unspecified atom stereocenters. The molecule has 0 aliphatic rings. The van der Waals surface area contributed by atoms with E-state index >= 15 is 0 Å². The van der Waals surface area contributed by atoms with E-state index in [1.54, 1.807) is 44.2 Å². The van der Waals surface area contributed by atoms with Crippen molar-refractivity contribution >= 4 is 27.5 Å². The van der Waals surface area contributed by atoms with Crippen LogP contribution in [0, 0.1) is 26.6 Å². The van der Waals surface area contributed by atoms with E-state index in [0.29, 0.717) is 29.7 Å². The molecule has 3 aromatic rings. The molecule has 1 N–H and O–H groups in total. The fourth-order valence-corrected chi connectivity index (χ4v) is 5.96. The number of hydrogen-bond acceptors (Lipinski definition) is 4. The predicted molar refractivity (Wildman–Crippen MR) is 161 cm³/mol. The molecule has 220 valence electrons. The maximum atomic E-state index is 14.2. The second-order valence-electron chi connectivity index (χ2n) is 10.5. The third-order valence-corrected chi connectivity index (χ3v) is 8.95. The highest BCUT2D eigenvalue weighted by molar-refractivity contribution is 7.92. The number of carbonyl (C=O) groups excluding carboxylic acids is 2. The average molecular weight is 582 g/mol. The smallest absolute Gasteiger partial charge is 0.264 e. The minimum absolute atomic E-state index is 0.0107. The quantitative estimate of drug-likeness (QED) is 0.299. The van der Waals surface area contributed by atoms with Crippen LogP contribution in [0.5, 0.6) is 0 Å². The van der Waals surface area contributed by atoms with Crippen molar-refractivity contribution < 1.29 is 22.4 Å². The molecule has 0 radical (unpaired) electrons. The summed E-state index contributed by atoms with van der Waals surface area (Å²) in [5, 5.41) is 2.95. The zero-order valence-electron chi connectivity index (χ0n) is 24.6. The van der Waals surface area contributed by atoms with Gasteiger partial charge in [0.2, 0.25) is 11.8 Å². The normalized spacial score (nSPS) is 12.9. The molecule has 0 bridgehead atoms. The second kappa shape index (κ2) is 13.8. The molecule has 0 aromatic heterocycles. The van der Waals surface area contributed by atoms with Crippen LogP contribution in [0.4, 0.5) is 10.1 Å². The summed E-state index contributed by atoms with van der Waals surface area (Å²) in [4.78, 5) is 28.9. The first kappa shape index (κ1) is 31.8. The zero-order chi connectivity index (χ0) is 30.3. The maximum absolute atomic E-state index is 14.2. The van der Waals surface area contributed by atoms with Crippen LogP contribution in [-0.4, -0.2) is 43.8 Å². The van der Waals surface area contributed by atoms with E-state index in [1.165, 1.54) is 29.2 Å². The van der Waals surface area contributed by atoms with E-state index in [0.717, 1.165) is 15.4 Å². The van der Waals surface area contributed by atoms with Gasteiger partial charge in [0.1, 0.15) is 18.4 Å². The summed E-state index contributed by atoms with van der Waals surface area (Å²) in [7, 11) is -4.16. The van der Waals surface area contributed by atoms with Crippen LogP contribution in [0.2, 0.25) is 0 Å². The molecule has 0 aliphatic carbocycles. The van der Waals surface area contributed by atoms with Gasteiger partial charge in [0.05, 0.1) is 10.6 Å². The highest BCUT2D eigenvalue weighted by atomic mass is 32.2. The van der Waals surface area contributed by atoms with E-state index in [9.17, 15) is 22.4 Å². The van der Waals surface area contributed by atoms with Gasteiger partial charge in [-0.1, -0.05) is 55.8 Å². The van der Waals surface area contributed by atoms with Gasteiger partial charge in [0.15, 0.2) is 0 Å². The molecule has 41 heavy (non-hydrogen) atoms. The van der Waals surface area contributed by atoms with Crippen molar-refractivity contribution in [3.8, 4) is 0 Å². The molecule has 7 nitrogen and oxygen atoms in total. The van der Waals surface area contributed by atoms with Crippen LogP contribution in [0.15, 0.2) is 71.6 Å². The van der Waals surface area contributed by atoms with E-state index in [-0.39, 0.29) is 23.4 Å². The van der Waals surface area contributed by atoms with Crippen molar-refractivity contribution in [3.63, 3.8) is 0 Å². The van der Waals surface area contributed by atoms with Crippen molar-refractivity contribution in [2.45, 2.75) is 77.9 Å². The lowest BCUT2D eigenvalue weighted by Gasteiger charge is -2.34. The Morgan fingerprint density at radius 3 is 2.07 bits per heavy atom. The number of halogens is 1. The number of anilines is 1. The molecule has 0 aliphatic heterocycles. The molecule has 2 atom stereocenters. The maximum Gasteiger partial charge on any atom is 0.264 e. The van der Waals surface area contributed by atoms with Gasteiger partial charge < -0.3 is 10.2 Å². The lowest BCUT2D eigenvalue weighted by molar-refractivity contribution is -0.140. The van der Waals surface area contributed by atoms with Crippen LogP contribution >= 0.6 is 0 Å². The lowest BCUT2D eigenvalue weighted by atomic mass is 10.1. The van der Waals surface area contributed by atoms with E-state index in [2.05, 4.69) is 5.32 Å². The van der Waals surface area contributed by atoms with E-state index in [1.807, 2.05) is 39.8 Å². The highest BCUT2D eigenvalue weighted by Gasteiger charge is 2.34. The van der Waals surface area contributed by atoms with Crippen LogP contribution in [0.3, 0.4) is 0 Å². The Balaban J connectivity index is 2.10. The first-order valence-corrected chi connectivity index (χ1v) is 15.3. The molecule has 0 saturated heterocycles. The fraction of sp³-hybridized carbons (Fsp3) is 0.375. The minimum Gasteiger partial charge on any atom is -0.352 e. The van der Waals surface area contributed by atoms with Crippen LogP contribution in [0.1, 0.15) is 55.9 Å². The van der Waals surface area contributed by atoms with Crippen molar-refractivity contribution in [1.29, 1.82) is 0 Å². The second-order valence-corrected chi connectivity index (χ2v) is 12.4. The lowest BCUT2D eigenvalue weighted by Crippen LogP contribution is -2.53. The average Bonchev–Trinajstić information content (AvgIpc) is 2.94. The summed E-state index contributed by atoms with van der Waals surface area (Å²) in [6.07, 6.45) is 1.02. The van der Waals surface area contributed by atoms with Crippen LogP contribution < -0.4 is 9.62 Å². The Hall–Kier alpha value is -3.72. The Bertz CT molecular complexity index is 1460. The summed E-state index contributed by atoms with van der Waals surface area (Å²) in [5.41, 5.74) is 3.43. The number of sulfonamides is 1. The highest BCUT2D eigenvalue weighted by Crippen LogP contribution is 2.29. The molecule has 3 aromatic carbocycles. The Morgan fingerprint density at radius 1 is 0.878 bits per heavy atom. The number of hydrogen-bond donors (Lipinski definition) is 1. The molecular weight excluding hydrogens is 541 g/mol. The summed E-state index contributed by atoms with van der Waals surface area (Å²) in [6, 6.07) is 16.7. The van der Waals surface area contributed by atoms with Crippen molar-refractivity contribution in [3.05, 3.63) is 94.8 Å². The Labute approximate surface area is 243 Å². The van der Waals surface area contributed by atoms with Crippen LogP contribution in [-0.2, 0) is 26.2 Å². The van der Waals surface area contributed by atoms with Crippen LogP contribution in [0.25, 0.3) is 0 Å². The zero-order valence-corrected chi connectivity index (χ0v) is 25.5. The molecule has 0 heterocycles. The molecule has 0 fully saturated rings. The van der Waals surface area contributed by atoms with Crippen molar-refractivity contribution in [2.24, 2.45) is 0 Å². The fourth-order valence-electron chi connectivity index (χ4n) is 4.49. The van der Waals surface area contributed by atoms with Gasteiger partial charge in [-0.15, -0.1) is 0 Å². The van der Waals surface area contributed by atoms with Gasteiger partial charge in [-0.3, -0.25) is 13.9 Å². The largest absolute Gasteiger partial charge is 0.352 e. The number of nitrogens with one attached hydrogen (secondary N) is 1. The van der Waals surface area contributed by atoms with Gasteiger partial charge in [-0.05, 0) is 87.6 Å². The third-order valence-electron chi connectivity index (χ3n) is 7.17. The standard InChI is InChI=1S/C32H40FN3O4S/c1-7-25(6)34-32(38)29(8-2)35(20-26-13-15-27(33)16-14-26)31(37)21-36(30-19-23(4)9-12-24(30)5)41(39,40)28-17-10-22(3)11-18-28/h9-19,25,29H,7-8,20-21H2,1-6H3,(H,34,38)/t25-,29-/m0/s1. The van der Waals surface area contributed by atoms with Gasteiger partial charge in [0, 0.05) is 12.6 Å². The number of rotatable bonds is 12. The first-order valence-electron chi connectivity index (χ1n) is 13.9. The summed E-state index contributed by atoms with van der Waals surface area (Å²) < 4.78 is 42.9. The Morgan fingerprint density at radius 2 is 1.49 bits per heavy atom. The molecule has 3 rings (SSSR count). The minimum atomic E-state index is -4.16. The van der Waals surface area contributed by atoms with Gasteiger partial charge >= 0.3 is 0 Å². The monoisotopic (exact) mass is 581 g/mol. The molecule has 0 saturated carbocycles. The Kier molecular flexibility index (Phi) is 10.7. The van der Waals surface area contributed by atoms with Crippen molar-refractivity contribution in [2.75, 3.05) is 10.8 Å². The van der Waals surface area contributed by atoms with Gasteiger partial charge in [-0.2, -0.15) is 0 Å².